The molecule has 1 amide bonds. The molecular weight excluding hydrogens is 972 g/mol. The number of carbonyl (C=O) groups is 1. The Balaban J connectivity index is 3.99. The molecule has 0 aliphatic heterocycles. The van der Waals surface area contributed by atoms with Crippen LogP contribution in [0.4, 0.5) is 0 Å². The van der Waals surface area contributed by atoms with Crippen molar-refractivity contribution in [1.82, 2.24) is 5.32 Å². The highest BCUT2D eigenvalue weighted by atomic mass is 31.2. The molecule has 9 heteroatoms. The van der Waals surface area contributed by atoms with Crippen molar-refractivity contribution in [2.45, 2.75) is 366 Å². The topological polar surface area (TPSA) is 105 Å². The number of aliphatic hydroxyl groups excluding tert-OH is 1. The van der Waals surface area contributed by atoms with Gasteiger partial charge in [0.25, 0.3) is 0 Å². The number of amides is 1. The van der Waals surface area contributed by atoms with Crippen LogP contribution in [-0.4, -0.2) is 73.4 Å². The lowest BCUT2D eigenvalue weighted by atomic mass is 10.0. The van der Waals surface area contributed by atoms with Gasteiger partial charge in [0.15, 0.2) is 0 Å². The van der Waals surface area contributed by atoms with Crippen molar-refractivity contribution in [3.8, 4) is 0 Å². The van der Waals surface area contributed by atoms with Gasteiger partial charge in [-0.3, -0.25) is 13.8 Å². The van der Waals surface area contributed by atoms with E-state index >= 15 is 0 Å². The van der Waals surface area contributed by atoms with Gasteiger partial charge in [-0.15, -0.1) is 0 Å². The van der Waals surface area contributed by atoms with Crippen LogP contribution in [-0.2, 0) is 18.4 Å². The molecule has 0 aliphatic carbocycles. The second-order valence-electron chi connectivity index (χ2n) is 24.9. The minimum absolute atomic E-state index is 0.0590. The van der Waals surface area contributed by atoms with E-state index in [2.05, 4.69) is 31.3 Å². The first-order valence-corrected chi connectivity index (χ1v) is 35.7. The Morgan fingerprint density at radius 1 is 0.429 bits per heavy atom. The quantitative estimate of drug-likeness (QED) is 0.0243. The summed E-state index contributed by atoms with van der Waals surface area (Å²) in [5.41, 5.74) is 0. The van der Waals surface area contributed by atoms with Crippen LogP contribution in [0.5, 0.6) is 0 Å². The molecule has 0 fully saturated rings. The summed E-state index contributed by atoms with van der Waals surface area (Å²) in [5, 5.41) is 14.0. The van der Waals surface area contributed by atoms with Crippen LogP contribution in [0.3, 0.4) is 0 Å². The molecular formula is C68H136N2O6P+. The predicted molar refractivity (Wildman–Crippen MR) is 337 cm³/mol. The van der Waals surface area contributed by atoms with E-state index in [0.717, 1.165) is 38.5 Å². The van der Waals surface area contributed by atoms with Gasteiger partial charge in [-0.25, -0.2) is 4.57 Å². The van der Waals surface area contributed by atoms with E-state index in [1.165, 1.54) is 295 Å². The van der Waals surface area contributed by atoms with Gasteiger partial charge >= 0.3 is 7.82 Å². The molecule has 0 aromatic rings. The summed E-state index contributed by atoms with van der Waals surface area (Å²) in [6.07, 6.45) is 77.7. The van der Waals surface area contributed by atoms with Crippen LogP contribution in [0.2, 0.25) is 0 Å². The number of aliphatic hydroxyl groups is 1. The van der Waals surface area contributed by atoms with Crippen molar-refractivity contribution in [2.24, 2.45) is 0 Å². The van der Waals surface area contributed by atoms with Crippen molar-refractivity contribution in [3.63, 3.8) is 0 Å². The van der Waals surface area contributed by atoms with Crippen molar-refractivity contribution < 1.29 is 32.9 Å². The van der Waals surface area contributed by atoms with Gasteiger partial charge < -0.3 is 19.8 Å². The number of phosphoric acid groups is 1. The molecule has 0 aromatic carbocycles. The Bertz CT molecular complexity index is 1300. The van der Waals surface area contributed by atoms with Crippen LogP contribution < -0.4 is 5.32 Å². The SMILES string of the molecule is CCCCCCCCCCCCCCCC/C=C/CC/C=C/C(O)C(COP(=O)(O)OCC[N+](C)(C)C)NC(=O)CCCCCCCCCCCCCCCCCCCCCCCCCCCCCCCCCCCCC. The molecule has 0 saturated heterocycles. The van der Waals surface area contributed by atoms with Crippen LogP contribution in [0.25, 0.3) is 0 Å². The van der Waals surface area contributed by atoms with E-state index in [4.69, 9.17) is 9.05 Å². The molecule has 0 aliphatic rings. The summed E-state index contributed by atoms with van der Waals surface area (Å²) in [5.74, 6) is -0.178. The number of unbranched alkanes of at least 4 members (excludes halogenated alkanes) is 49. The van der Waals surface area contributed by atoms with E-state index in [-0.39, 0.29) is 19.1 Å². The molecule has 77 heavy (non-hydrogen) atoms. The molecule has 0 aromatic heterocycles. The zero-order valence-corrected chi connectivity index (χ0v) is 53.4. The minimum Gasteiger partial charge on any atom is -0.387 e. The molecule has 0 rings (SSSR count). The predicted octanol–water partition coefficient (Wildman–Crippen LogP) is 21.5. The third-order valence-corrected chi connectivity index (χ3v) is 16.9. The molecule has 0 saturated carbocycles. The monoisotopic (exact) mass is 1110 g/mol. The fraction of sp³-hybridized carbons (Fsp3) is 0.926. The number of hydrogen-bond acceptors (Lipinski definition) is 5. The number of hydrogen-bond donors (Lipinski definition) is 3. The molecule has 0 radical (unpaired) electrons. The summed E-state index contributed by atoms with van der Waals surface area (Å²) in [6, 6.07) is -0.861. The van der Waals surface area contributed by atoms with Crippen LogP contribution in [0, 0.1) is 0 Å². The van der Waals surface area contributed by atoms with Crippen molar-refractivity contribution in [1.29, 1.82) is 0 Å². The Morgan fingerprint density at radius 3 is 1.04 bits per heavy atom. The smallest absolute Gasteiger partial charge is 0.387 e. The number of allylic oxidation sites excluding steroid dienone is 3. The van der Waals surface area contributed by atoms with Gasteiger partial charge in [0.2, 0.25) is 5.91 Å². The Kier molecular flexibility index (Phi) is 58.8. The highest BCUT2D eigenvalue weighted by Crippen LogP contribution is 2.43. The number of carbonyl (C=O) groups excluding carboxylic acids is 1. The molecule has 3 atom stereocenters. The molecule has 3 N–H and O–H groups in total. The van der Waals surface area contributed by atoms with E-state index in [0.29, 0.717) is 17.4 Å². The first-order valence-electron chi connectivity index (χ1n) is 34.2. The van der Waals surface area contributed by atoms with E-state index in [1.807, 2.05) is 27.2 Å². The van der Waals surface area contributed by atoms with Crippen molar-refractivity contribution in [2.75, 3.05) is 40.9 Å². The first kappa shape index (κ1) is 76.0. The number of nitrogens with zero attached hydrogens (tertiary/aromatic N) is 1. The number of nitrogens with one attached hydrogen (secondary N) is 1. The third-order valence-electron chi connectivity index (χ3n) is 15.9. The average molecular weight is 1110 g/mol. The van der Waals surface area contributed by atoms with Gasteiger partial charge in [0.1, 0.15) is 13.2 Å². The lowest BCUT2D eigenvalue weighted by molar-refractivity contribution is -0.870. The van der Waals surface area contributed by atoms with Gasteiger partial charge in [0.05, 0.1) is 39.9 Å². The van der Waals surface area contributed by atoms with Gasteiger partial charge in [0, 0.05) is 6.42 Å². The third kappa shape index (κ3) is 62.4. The molecule has 0 heterocycles. The van der Waals surface area contributed by atoms with Gasteiger partial charge in [-0.2, -0.15) is 0 Å². The second-order valence-corrected chi connectivity index (χ2v) is 26.4. The van der Waals surface area contributed by atoms with Crippen LogP contribution in [0.15, 0.2) is 24.3 Å². The number of quaternary nitrogens is 1. The maximum Gasteiger partial charge on any atom is 0.472 e. The standard InChI is InChI=1S/C68H135N2O6P/c1-6-8-10-12-14-16-18-20-22-24-26-28-29-30-31-32-33-34-35-36-37-38-39-40-41-42-44-46-48-50-52-54-56-58-60-62-68(72)69-66(65-76-77(73,74)75-64-63-70(3,4)5)67(71)61-59-57-55-53-51-49-47-45-43-27-25-23-21-19-17-15-13-11-9-7-2/h51,53,59,61,66-67,71H,6-50,52,54-58,60,62-65H2,1-5H3,(H-,69,72,73,74)/p+1/b53-51+,61-59+. The number of rotatable bonds is 64. The lowest BCUT2D eigenvalue weighted by Crippen LogP contribution is -2.45. The minimum atomic E-state index is -4.36. The van der Waals surface area contributed by atoms with Crippen LogP contribution >= 0.6 is 7.82 Å². The Hall–Kier alpha value is -1.02. The molecule has 3 unspecified atom stereocenters. The summed E-state index contributed by atoms with van der Waals surface area (Å²) in [4.78, 5) is 23.4. The zero-order chi connectivity index (χ0) is 56.3. The molecule has 8 nitrogen and oxygen atoms in total. The number of likely N-dealkylation sites (N-methyl/N-ethyl adjacent to an activating group) is 1. The molecule has 0 bridgehead atoms. The summed E-state index contributed by atoms with van der Waals surface area (Å²) in [7, 11) is 1.57. The summed E-state index contributed by atoms with van der Waals surface area (Å²) < 4.78 is 23.8. The molecule has 0 spiro atoms. The van der Waals surface area contributed by atoms with Crippen molar-refractivity contribution in [3.05, 3.63) is 24.3 Å². The number of phosphoric ester groups is 1. The van der Waals surface area contributed by atoms with Gasteiger partial charge in [-0.1, -0.05) is 340 Å². The largest absolute Gasteiger partial charge is 0.472 e. The van der Waals surface area contributed by atoms with Crippen LogP contribution in [0.1, 0.15) is 354 Å². The normalized spacial score (nSPS) is 13.8. The fourth-order valence-electron chi connectivity index (χ4n) is 10.6. The maximum absolute atomic E-state index is 13.0. The fourth-order valence-corrected chi connectivity index (χ4v) is 11.3. The highest BCUT2D eigenvalue weighted by Gasteiger charge is 2.28. The Labute approximate surface area is 481 Å². The highest BCUT2D eigenvalue weighted by molar-refractivity contribution is 7.47. The zero-order valence-electron chi connectivity index (χ0n) is 52.5. The lowest BCUT2D eigenvalue weighted by Gasteiger charge is -2.25. The summed E-state index contributed by atoms with van der Waals surface area (Å²) >= 11 is 0. The Morgan fingerprint density at radius 2 is 0.714 bits per heavy atom. The maximum atomic E-state index is 13.0. The van der Waals surface area contributed by atoms with E-state index in [1.54, 1.807) is 6.08 Å². The summed E-state index contributed by atoms with van der Waals surface area (Å²) in [6.45, 7) is 4.85. The van der Waals surface area contributed by atoms with Crippen molar-refractivity contribution >= 4 is 13.7 Å². The second kappa shape index (κ2) is 59.6. The van der Waals surface area contributed by atoms with Gasteiger partial charge in [-0.05, 0) is 32.1 Å². The van der Waals surface area contributed by atoms with E-state index < -0.39 is 20.0 Å². The first-order chi connectivity index (χ1) is 37.5. The average Bonchev–Trinajstić information content (AvgIpc) is 3.39. The molecule has 458 valence electrons. The van der Waals surface area contributed by atoms with E-state index in [9.17, 15) is 19.4 Å².